The number of benzene rings is 3. The summed E-state index contributed by atoms with van der Waals surface area (Å²) in [5.74, 6) is 1.69. The summed E-state index contributed by atoms with van der Waals surface area (Å²) in [5.41, 5.74) is 0.241. The molecule has 3 aromatic carbocycles. The van der Waals surface area contributed by atoms with Crippen LogP contribution in [-0.2, 0) is 0 Å². The topological polar surface area (TPSA) is 67.8 Å². The van der Waals surface area contributed by atoms with Crippen LogP contribution in [0.2, 0.25) is 0 Å². The van der Waals surface area contributed by atoms with Crippen molar-refractivity contribution in [3.05, 3.63) is 84.4 Å². The smallest absolute Gasteiger partial charge is 0.255 e. The molecule has 0 atom stereocenters. The molecule has 2 N–H and O–H groups in total. The Labute approximate surface area is 151 Å². The second-order valence-electron chi connectivity index (χ2n) is 5.51. The molecule has 0 saturated carbocycles. The third kappa shape index (κ3) is 4.77. The number of hydrogen-bond acceptors (Lipinski definition) is 4. The average molecular weight is 349 g/mol. The fourth-order valence-electron chi connectivity index (χ4n) is 2.35. The third-order valence-corrected chi connectivity index (χ3v) is 3.59. The molecule has 0 fully saturated rings. The number of rotatable bonds is 7. The molecule has 0 aliphatic carbocycles. The molecule has 0 radical (unpaired) electrons. The molecule has 0 heterocycles. The van der Waals surface area contributed by atoms with E-state index >= 15 is 0 Å². The Morgan fingerprint density at radius 2 is 1.54 bits per heavy atom. The summed E-state index contributed by atoms with van der Waals surface area (Å²) in [6.07, 6.45) is 0. The largest absolute Gasteiger partial charge is 0.507 e. The van der Waals surface area contributed by atoms with Crippen molar-refractivity contribution in [3.8, 4) is 23.0 Å². The van der Waals surface area contributed by atoms with Crippen LogP contribution in [0.1, 0.15) is 10.4 Å². The van der Waals surface area contributed by atoms with Gasteiger partial charge >= 0.3 is 0 Å². The zero-order valence-electron chi connectivity index (χ0n) is 14.1. The van der Waals surface area contributed by atoms with Crippen LogP contribution in [0.25, 0.3) is 0 Å². The number of ether oxygens (including phenoxy) is 2. The fourth-order valence-corrected chi connectivity index (χ4v) is 2.35. The van der Waals surface area contributed by atoms with Crippen LogP contribution in [-0.4, -0.2) is 24.2 Å². The maximum absolute atomic E-state index is 12.0. The van der Waals surface area contributed by atoms with Crippen LogP contribution >= 0.6 is 0 Å². The molecule has 5 nitrogen and oxygen atoms in total. The fraction of sp³-hybridized carbons (Fsp3) is 0.0952. The number of aromatic hydroxyl groups is 1. The molecule has 0 unspecified atom stereocenters. The minimum atomic E-state index is -0.340. The Hall–Kier alpha value is -3.47. The molecule has 0 aliphatic rings. The minimum absolute atomic E-state index is 0.0447. The highest BCUT2D eigenvalue weighted by atomic mass is 16.5. The maximum Gasteiger partial charge on any atom is 0.255 e. The average Bonchev–Trinajstić information content (AvgIpc) is 2.66. The van der Waals surface area contributed by atoms with Crippen LogP contribution in [0.4, 0.5) is 0 Å². The lowest BCUT2D eigenvalue weighted by Gasteiger charge is -2.10. The van der Waals surface area contributed by atoms with Gasteiger partial charge in [0.2, 0.25) is 0 Å². The second kappa shape index (κ2) is 8.58. The normalized spacial score (nSPS) is 10.2. The highest BCUT2D eigenvalue weighted by Crippen LogP contribution is 2.24. The number of carbonyl (C=O) groups is 1. The number of phenolic OH excluding ortho intramolecular Hbond substituents is 1. The number of carbonyl (C=O) groups excluding carboxylic acids is 1. The van der Waals surface area contributed by atoms with E-state index in [-0.39, 0.29) is 17.2 Å². The molecule has 3 rings (SSSR count). The van der Waals surface area contributed by atoms with E-state index in [1.165, 1.54) is 6.07 Å². The second-order valence-corrected chi connectivity index (χ2v) is 5.51. The van der Waals surface area contributed by atoms with Crippen LogP contribution in [0.5, 0.6) is 23.0 Å². The molecular weight excluding hydrogens is 330 g/mol. The lowest BCUT2D eigenvalue weighted by Crippen LogP contribution is -2.28. The number of nitrogens with one attached hydrogen (secondary N) is 1. The number of hydrogen-bond donors (Lipinski definition) is 2. The van der Waals surface area contributed by atoms with Gasteiger partial charge in [-0.25, -0.2) is 0 Å². The van der Waals surface area contributed by atoms with Gasteiger partial charge in [0.25, 0.3) is 5.91 Å². The SMILES string of the molecule is O=C(NCCOc1cccc(Oc2ccccc2)c1)c1ccccc1O. The van der Waals surface area contributed by atoms with Crippen molar-refractivity contribution < 1.29 is 19.4 Å². The van der Waals surface area contributed by atoms with Crippen molar-refractivity contribution in [2.75, 3.05) is 13.2 Å². The zero-order valence-corrected chi connectivity index (χ0v) is 14.1. The Bertz CT molecular complexity index is 865. The van der Waals surface area contributed by atoms with Crippen molar-refractivity contribution in [2.45, 2.75) is 0 Å². The van der Waals surface area contributed by atoms with Crippen molar-refractivity contribution in [2.24, 2.45) is 0 Å². The van der Waals surface area contributed by atoms with Gasteiger partial charge in [-0.2, -0.15) is 0 Å². The summed E-state index contributed by atoms with van der Waals surface area (Å²) in [6, 6.07) is 23.2. The quantitative estimate of drug-likeness (QED) is 0.633. The maximum atomic E-state index is 12.0. The summed E-state index contributed by atoms with van der Waals surface area (Å²) in [4.78, 5) is 12.0. The molecule has 0 aromatic heterocycles. The Kier molecular flexibility index (Phi) is 5.72. The first-order chi connectivity index (χ1) is 12.7. The van der Waals surface area contributed by atoms with E-state index in [1.54, 1.807) is 24.3 Å². The molecule has 3 aromatic rings. The monoisotopic (exact) mass is 349 g/mol. The number of phenols is 1. The van der Waals surface area contributed by atoms with Gasteiger partial charge in [0, 0.05) is 6.07 Å². The Morgan fingerprint density at radius 1 is 0.846 bits per heavy atom. The summed E-state index contributed by atoms with van der Waals surface area (Å²) < 4.78 is 11.4. The van der Waals surface area contributed by atoms with Crippen LogP contribution < -0.4 is 14.8 Å². The number of amides is 1. The van der Waals surface area contributed by atoms with Crippen molar-refractivity contribution in [3.63, 3.8) is 0 Å². The lowest BCUT2D eigenvalue weighted by molar-refractivity contribution is 0.0944. The van der Waals surface area contributed by atoms with Crippen LogP contribution in [0.15, 0.2) is 78.9 Å². The van der Waals surface area contributed by atoms with Gasteiger partial charge < -0.3 is 19.9 Å². The Morgan fingerprint density at radius 3 is 2.35 bits per heavy atom. The molecular formula is C21H19NO4. The summed E-state index contributed by atoms with van der Waals surface area (Å²) in [5, 5.41) is 12.4. The summed E-state index contributed by atoms with van der Waals surface area (Å²) in [6.45, 7) is 0.616. The molecule has 0 bridgehead atoms. The molecule has 5 heteroatoms. The van der Waals surface area contributed by atoms with Gasteiger partial charge in [-0.15, -0.1) is 0 Å². The van der Waals surface area contributed by atoms with E-state index in [0.29, 0.717) is 24.7 Å². The van der Waals surface area contributed by atoms with Gasteiger partial charge in [-0.1, -0.05) is 36.4 Å². The van der Waals surface area contributed by atoms with Crippen LogP contribution in [0, 0.1) is 0 Å². The first kappa shape index (κ1) is 17.4. The van der Waals surface area contributed by atoms with Gasteiger partial charge in [0.1, 0.15) is 29.6 Å². The molecule has 0 aliphatic heterocycles. The highest BCUT2D eigenvalue weighted by molar-refractivity contribution is 5.96. The summed E-state index contributed by atoms with van der Waals surface area (Å²) >= 11 is 0. The molecule has 26 heavy (non-hydrogen) atoms. The third-order valence-electron chi connectivity index (χ3n) is 3.59. The highest BCUT2D eigenvalue weighted by Gasteiger charge is 2.09. The lowest BCUT2D eigenvalue weighted by atomic mass is 10.2. The van der Waals surface area contributed by atoms with E-state index in [9.17, 15) is 9.90 Å². The van der Waals surface area contributed by atoms with Crippen molar-refractivity contribution >= 4 is 5.91 Å². The van der Waals surface area contributed by atoms with Crippen molar-refractivity contribution in [1.29, 1.82) is 0 Å². The summed E-state index contributed by atoms with van der Waals surface area (Å²) in [7, 11) is 0. The first-order valence-electron chi connectivity index (χ1n) is 8.24. The van der Waals surface area contributed by atoms with Gasteiger partial charge in [0.05, 0.1) is 12.1 Å². The standard InChI is InChI=1S/C21H19NO4/c23-20-12-5-4-11-19(20)21(24)22-13-14-25-17-9-6-10-18(15-17)26-16-7-2-1-3-8-16/h1-12,15,23H,13-14H2,(H,22,24). The molecule has 0 spiro atoms. The van der Waals surface area contributed by atoms with Gasteiger partial charge in [-0.05, 0) is 36.4 Å². The van der Waals surface area contributed by atoms with E-state index < -0.39 is 0 Å². The van der Waals surface area contributed by atoms with Gasteiger partial charge in [0.15, 0.2) is 0 Å². The number of para-hydroxylation sites is 2. The minimum Gasteiger partial charge on any atom is -0.507 e. The molecule has 0 saturated heterocycles. The van der Waals surface area contributed by atoms with E-state index in [1.807, 2.05) is 48.5 Å². The van der Waals surface area contributed by atoms with Gasteiger partial charge in [-0.3, -0.25) is 4.79 Å². The predicted molar refractivity (Wildman–Crippen MR) is 98.9 cm³/mol. The molecule has 1 amide bonds. The zero-order chi connectivity index (χ0) is 18.2. The van der Waals surface area contributed by atoms with Crippen LogP contribution in [0.3, 0.4) is 0 Å². The van der Waals surface area contributed by atoms with Crippen molar-refractivity contribution in [1.82, 2.24) is 5.32 Å². The Balaban J connectivity index is 1.48. The van der Waals surface area contributed by atoms with E-state index in [0.717, 1.165) is 5.75 Å². The first-order valence-corrected chi connectivity index (χ1v) is 8.24. The molecule has 132 valence electrons. The predicted octanol–water partition coefficient (Wildman–Crippen LogP) is 3.99. The van der Waals surface area contributed by atoms with E-state index in [2.05, 4.69) is 5.32 Å². The van der Waals surface area contributed by atoms with E-state index in [4.69, 9.17) is 9.47 Å².